The zero-order chi connectivity index (χ0) is 17.6. The van der Waals surface area contributed by atoms with E-state index in [4.69, 9.17) is 0 Å². The Balaban J connectivity index is 1.63. The number of nitrogens with one attached hydrogen (secondary N) is 1. The second-order valence-electron chi connectivity index (χ2n) is 6.89. The highest BCUT2D eigenvalue weighted by Gasteiger charge is 2.10. The number of para-hydroxylation sites is 2. The Kier molecular flexibility index (Phi) is 5.79. The third-order valence-corrected chi connectivity index (χ3v) is 4.31. The van der Waals surface area contributed by atoms with Crippen molar-refractivity contribution < 1.29 is 0 Å². The number of hydrogen-bond acceptors (Lipinski definition) is 4. The highest BCUT2D eigenvalue weighted by Crippen LogP contribution is 2.14. The van der Waals surface area contributed by atoms with Crippen LogP contribution in [0.1, 0.15) is 23.5 Å². The smallest absolute Gasteiger partial charge is 0.121 e. The molecule has 0 radical (unpaired) electrons. The standard InChI is InChI=1S/C20H27N5/c1-24(2)13-7-9-16-8-6-12-21-19(16)14-25(3)15-20-22-17-10-4-5-11-18(17)23-20/h4-6,8,10-12H,7,9,13-15H2,1-3H3,(H,22,23). The first kappa shape index (κ1) is 17.6. The van der Waals surface area contributed by atoms with Gasteiger partial charge in [0, 0.05) is 12.7 Å². The molecule has 0 saturated heterocycles. The third kappa shape index (κ3) is 4.87. The number of benzene rings is 1. The van der Waals surface area contributed by atoms with Crippen LogP contribution in [0.5, 0.6) is 0 Å². The van der Waals surface area contributed by atoms with Gasteiger partial charge in [-0.3, -0.25) is 9.88 Å². The van der Waals surface area contributed by atoms with E-state index in [1.807, 2.05) is 30.5 Å². The fourth-order valence-electron chi connectivity index (χ4n) is 3.07. The van der Waals surface area contributed by atoms with Crippen LogP contribution in [0.2, 0.25) is 0 Å². The quantitative estimate of drug-likeness (QED) is 0.686. The molecule has 25 heavy (non-hydrogen) atoms. The number of aromatic nitrogens is 3. The molecule has 0 aliphatic rings. The van der Waals surface area contributed by atoms with E-state index >= 15 is 0 Å². The maximum Gasteiger partial charge on any atom is 0.121 e. The van der Waals surface area contributed by atoms with Gasteiger partial charge in [-0.15, -0.1) is 0 Å². The monoisotopic (exact) mass is 337 g/mol. The van der Waals surface area contributed by atoms with E-state index in [9.17, 15) is 0 Å². The summed E-state index contributed by atoms with van der Waals surface area (Å²) in [5.74, 6) is 0.994. The molecule has 5 nitrogen and oxygen atoms in total. The van der Waals surface area contributed by atoms with E-state index in [0.29, 0.717) is 0 Å². The number of hydrogen-bond donors (Lipinski definition) is 1. The number of pyridine rings is 1. The Morgan fingerprint density at radius 3 is 2.64 bits per heavy atom. The number of H-pyrrole nitrogens is 1. The molecule has 3 aromatic rings. The van der Waals surface area contributed by atoms with Crippen LogP contribution in [0.3, 0.4) is 0 Å². The first-order valence-corrected chi connectivity index (χ1v) is 8.81. The fraction of sp³-hybridized carbons (Fsp3) is 0.400. The van der Waals surface area contributed by atoms with Crippen LogP contribution in [-0.2, 0) is 19.5 Å². The molecule has 0 unspecified atom stereocenters. The molecule has 3 rings (SSSR count). The number of aryl methyl sites for hydroxylation is 1. The molecule has 1 aromatic carbocycles. The van der Waals surface area contributed by atoms with Crippen molar-refractivity contribution in [1.29, 1.82) is 0 Å². The van der Waals surface area contributed by atoms with Crippen LogP contribution < -0.4 is 0 Å². The van der Waals surface area contributed by atoms with Gasteiger partial charge in [0.1, 0.15) is 5.82 Å². The number of rotatable bonds is 8. The Labute approximate surface area is 149 Å². The van der Waals surface area contributed by atoms with Gasteiger partial charge in [-0.2, -0.15) is 0 Å². The van der Waals surface area contributed by atoms with Gasteiger partial charge in [-0.05, 0) is 64.3 Å². The lowest BCUT2D eigenvalue weighted by Gasteiger charge is -2.17. The van der Waals surface area contributed by atoms with Gasteiger partial charge in [-0.25, -0.2) is 4.98 Å². The Hall–Kier alpha value is -2.24. The SMILES string of the molecule is CN(C)CCCc1cccnc1CN(C)Cc1nc2ccccc2[nH]1. The molecular weight excluding hydrogens is 310 g/mol. The Morgan fingerprint density at radius 1 is 1.00 bits per heavy atom. The third-order valence-electron chi connectivity index (χ3n) is 4.31. The lowest BCUT2D eigenvalue weighted by atomic mass is 10.1. The van der Waals surface area contributed by atoms with Crippen LogP contribution in [0, 0.1) is 0 Å². The zero-order valence-electron chi connectivity index (χ0n) is 15.4. The molecule has 2 heterocycles. The first-order valence-electron chi connectivity index (χ1n) is 8.81. The summed E-state index contributed by atoms with van der Waals surface area (Å²) >= 11 is 0. The van der Waals surface area contributed by atoms with Gasteiger partial charge < -0.3 is 9.88 Å². The molecule has 0 aliphatic carbocycles. The van der Waals surface area contributed by atoms with Crippen molar-refractivity contribution in [2.75, 3.05) is 27.7 Å². The van der Waals surface area contributed by atoms with E-state index < -0.39 is 0 Å². The normalized spacial score (nSPS) is 11.7. The summed E-state index contributed by atoms with van der Waals surface area (Å²) in [4.78, 5) is 17.2. The fourth-order valence-corrected chi connectivity index (χ4v) is 3.07. The minimum Gasteiger partial charge on any atom is -0.341 e. The van der Waals surface area contributed by atoms with Crippen molar-refractivity contribution >= 4 is 11.0 Å². The average Bonchev–Trinajstić information content (AvgIpc) is 2.98. The summed E-state index contributed by atoms with van der Waals surface area (Å²) < 4.78 is 0. The second-order valence-corrected chi connectivity index (χ2v) is 6.89. The number of fused-ring (bicyclic) bond motifs is 1. The van der Waals surface area contributed by atoms with Gasteiger partial charge in [0.25, 0.3) is 0 Å². The van der Waals surface area contributed by atoms with Crippen molar-refractivity contribution in [1.82, 2.24) is 24.8 Å². The Morgan fingerprint density at radius 2 is 1.84 bits per heavy atom. The minimum atomic E-state index is 0.780. The van der Waals surface area contributed by atoms with E-state index in [-0.39, 0.29) is 0 Å². The van der Waals surface area contributed by atoms with Crippen molar-refractivity contribution in [3.8, 4) is 0 Å². The highest BCUT2D eigenvalue weighted by molar-refractivity contribution is 5.74. The second kappa shape index (κ2) is 8.23. The van der Waals surface area contributed by atoms with Crippen LogP contribution >= 0.6 is 0 Å². The largest absolute Gasteiger partial charge is 0.341 e. The number of imidazole rings is 1. The van der Waals surface area contributed by atoms with Crippen molar-refractivity contribution in [2.45, 2.75) is 25.9 Å². The lowest BCUT2D eigenvalue weighted by Crippen LogP contribution is -2.20. The molecule has 0 spiro atoms. The van der Waals surface area contributed by atoms with E-state index in [0.717, 1.165) is 49.3 Å². The average molecular weight is 337 g/mol. The summed E-state index contributed by atoms with van der Waals surface area (Å²) in [5.41, 5.74) is 4.63. The highest BCUT2D eigenvalue weighted by atomic mass is 15.1. The van der Waals surface area contributed by atoms with Gasteiger partial charge in [-0.1, -0.05) is 18.2 Å². The molecule has 132 valence electrons. The Bertz CT molecular complexity index is 775. The van der Waals surface area contributed by atoms with Crippen LogP contribution in [0.25, 0.3) is 11.0 Å². The lowest BCUT2D eigenvalue weighted by molar-refractivity contribution is 0.306. The van der Waals surface area contributed by atoms with Crippen molar-refractivity contribution in [2.24, 2.45) is 0 Å². The molecule has 1 N–H and O–H groups in total. The predicted molar refractivity (Wildman–Crippen MR) is 102 cm³/mol. The maximum absolute atomic E-state index is 4.66. The van der Waals surface area contributed by atoms with Gasteiger partial charge in [0.05, 0.1) is 23.3 Å². The molecule has 2 aromatic heterocycles. The topological polar surface area (TPSA) is 48.1 Å². The molecule has 0 aliphatic heterocycles. The van der Waals surface area contributed by atoms with Gasteiger partial charge in [0.2, 0.25) is 0 Å². The number of aromatic amines is 1. The molecule has 0 atom stereocenters. The van der Waals surface area contributed by atoms with Gasteiger partial charge in [0.15, 0.2) is 0 Å². The molecular formula is C20H27N5. The summed E-state index contributed by atoms with van der Waals surface area (Å²) in [6.07, 6.45) is 4.11. The molecule has 0 saturated carbocycles. The summed E-state index contributed by atoms with van der Waals surface area (Å²) in [5, 5.41) is 0. The van der Waals surface area contributed by atoms with Crippen LogP contribution in [0.4, 0.5) is 0 Å². The van der Waals surface area contributed by atoms with Crippen LogP contribution in [-0.4, -0.2) is 52.4 Å². The molecule has 0 fully saturated rings. The maximum atomic E-state index is 4.66. The molecule has 0 amide bonds. The van der Waals surface area contributed by atoms with Crippen molar-refractivity contribution in [3.05, 3.63) is 59.7 Å². The van der Waals surface area contributed by atoms with Crippen LogP contribution in [0.15, 0.2) is 42.6 Å². The molecule has 0 bridgehead atoms. The summed E-state index contributed by atoms with van der Waals surface area (Å²) in [6.45, 7) is 2.71. The predicted octanol–water partition coefficient (Wildman–Crippen LogP) is 3.08. The first-order chi connectivity index (χ1) is 12.1. The van der Waals surface area contributed by atoms with E-state index in [1.165, 1.54) is 11.3 Å². The van der Waals surface area contributed by atoms with Crippen molar-refractivity contribution in [3.63, 3.8) is 0 Å². The van der Waals surface area contributed by atoms with Gasteiger partial charge >= 0.3 is 0 Å². The van der Waals surface area contributed by atoms with E-state index in [1.54, 1.807) is 0 Å². The number of nitrogens with zero attached hydrogens (tertiary/aromatic N) is 4. The minimum absolute atomic E-state index is 0.780. The van der Waals surface area contributed by atoms with E-state index in [2.05, 4.69) is 58.0 Å². The zero-order valence-corrected chi connectivity index (χ0v) is 15.4. The molecule has 5 heteroatoms. The summed E-state index contributed by atoms with van der Waals surface area (Å²) in [7, 11) is 6.35. The summed E-state index contributed by atoms with van der Waals surface area (Å²) in [6, 6.07) is 12.4.